The molecule has 212 valence electrons. The van der Waals surface area contributed by atoms with E-state index < -0.39 is 11.7 Å². The number of urea groups is 1. The number of halogens is 3. The molecule has 2 fully saturated rings. The highest BCUT2D eigenvalue weighted by molar-refractivity contribution is 7.09. The van der Waals surface area contributed by atoms with E-state index in [2.05, 4.69) is 10.3 Å². The normalized spacial score (nSPS) is 16.6. The highest BCUT2D eigenvalue weighted by Crippen LogP contribution is 2.33. The Labute approximate surface area is 234 Å². The molecular formula is C28H30F3N5O3S. The number of hydrogen-bond acceptors (Lipinski definition) is 6. The molecule has 0 atom stereocenters. The summed E-state index contributed by atoms with van der Waals surface area (Å²) in [6.07, 6.45) is -2.89. The lowest BCUT2D eigenvalue weighted by Crippen LogP contribution is -2.49. The molecule has 3 heterocycles. The molecule has 0 spiro atoms. The number of alkyl halides is 3. The zero-order valence-corrected chi connectivity index (χ0v) is 22.8. The van der Waals surface area contributed by atoms with Gasteiger partial charge in [-0.2, -0.15) is 13.2 Å². The molecule has 0 aliphatic carbocycles. The Kier molecular flexibility index (Phi) is 8.15. The second-order valence-corrected chi connectivity index (χ2v) is 10.7. The summed E-state index contributed by atoms with van der Waals surface area (Å²) in [5.74, 6) is 0.676. The van der Waals surface area contributed by atoms with Gasteiger partial charge >= 0.3 is 12.2 Å². The van der Waals surface area contributed by atoms with Gasteiger partial charge in [-0.25, -0.2) is 9.78 Å². The number of rotatable bonds is 5. The average molecular weight is 574 g/mol. The first-order valence-electron chi connectivity index (χ1n) is 13.1. The summed E-state index contributed by atoms with van der Waals surface area (Å²) in [6.45, 7) is 2.87. The molecule has 0 radical (unpaired) electrons. The van der Waals surface area contributed by atoms with E-state index in [-0.39, 0.29) is 17.9 Å². The molecule has 1 N–H and O–H groups in total. The number of piperidine rings is 1. The number of hydrogen-bond donors (Lipinski definition) is 1. The van der Waals surface area contributed by atoms with Crippen LogP contribution >= 0.6 is 11.3 Å². The zero-order valence-electron chi connectivity index (χ0n) is 22.0. The summed E-state index contributed by atoms with van der Waals surface area (Å²) in [7, 11) is 1.58. The Bertz CT molecular complexity index is 1350. The topological polar surface area (TPSA) is 78.0 Å². The summed E-state index contributed by atoms with van der Waals surface area (Å²) in [5.41, 5.74) is 0.888. The largest absolute Gasteiger partial charge is 0.497 e. The van der Waals surface area contributed by atoms with Crippen molar-refractivity contribution in [1.82, 2.24) is 14.8 Å². The molecule has 8 nitrogen and oxygen atoms in total. The third-order valence-electron chi connectivity index (χ3n) is 7.30. The Balaban J connectivity index is 1.12. The van der Waals surface area contributed by atoms with Gasteiger partial charge < -0.3 is 24.8 Å². The average Bonchev–Trinajstić information content (AvgIpc) is 3.47. The van der Waals surface area contributed by atoms with Gasteiger partial charge in [-0.3, -0.25) is 4.79 Å². The number of nitrogens with one attached hydrogen (secondary N) is 1. The second-order valence-electron chi connectivity index (χ2n) is 9.82. The van der Waals surface area contributed by atoms with Gasteiger partial charge in [-0.15, -0.1) is 11.3 Å². The molecule has 0 bridgehead atoms. The van der Waals surface area contributed by atoms with Crippen LogP contribution in [0.4, 0.5) is 29.3 Å². The molecule has 2 saturated heterocycles. The molecule has 0 saturated carbocycles. The minimum atomic E-state index is -4.39. The van der Waals surface area contributed by atoms with Crippen LogP contribution in [0.2, 0.25) is 0 Å². The molecule has 0 unspecified atom stereocenters. The second kappa shape index (κ2) is 11.7. The minimum Gasteiger partial charge on any atom is -0.497 e. The standard InChI is InChI=1S/C28H30F3N5O3S/c1-39-23-7-3-5-21(17-23)32-27(38)36-10-8-19(9-11-36)25-33-24(18-40-25)26(37)35-14-12-34(13-15-35)22-6-2-4-20(16-22)28(29,30)31/h2-7,16-19H,8-15H2,1H3,(H,32,38). The first-order chi connectivity index (χ1) is 19.2. The van der Waals surface area contributed by atoms with Crippen molar-refractivity contribution in [3.8, 4) is 5.75 Å². The molecule has 40 heavy (non-hydrogen) atoms. The number of carbonyl (C=O) groups is 2. The molecule has 3 aromatic rings. The van der Waals surface area contributed by atoms with E-state index in [1.54, 1.807) is 34.4 Å². The monoisotopic (exact) mass is 573 g/mol. The summed E-state index contributed by atoms with van der Waals surface area (Å²) in [6, 6.07) is 12.3. The van der Waals surface area contributed by atoms with Crippen molar-refractivity contribution in [2.45, 2.75) is 24.9 Å². The number of benzene rings is 2. The first kappa shape index (κ1) is 27.8. The number of anilines is 2. The van der Waals surface area contributed by atoms with E-state index in [4.69, 9.17) is 4.74 Å². The molecule has 2 aliphatic rings. The van der Waals surface area contributed by atoms with Crippen molar-refractivity contribution in [2.75, 3.05) is 56.6 Å². The molecule has 12 heteroatoms. The number of amides is 3. The van der Waals surface area contributed by atoms with Crippen LogP contribution in [0.25, 0.3) is 0 Å². The molecule has 1 aromatic heterocycles. The van der Waals surface area contributed by atoms with Crippen LogP contribution in [0.3, 0.4) is 0 Å². The molecule has 5 rings (SSSR count). The quantitative estimate of drug-likeness (QED) is 0.434. The number of aromatic nitrogens is 1. The Hall–Kier alpha value is -3.80. The van der Waals surface area contributed by atoms with Gasteiger partial charge in [0.15, 0.2) is 0 Å². The summed E-state index contributed by atoms with van der Waals surface area (Å²) in [5, 5.41) is 5.57. The number of ether oxygens (including phenoxy) is 1. The van der Waals surface area contributed by atoms with Crippen molar-refractivity contribution in [3.63, 3.8) is 0 Å². The Morgan fingerprint density at radius 1 is 0.975 bits per heavy atom. The van der Waals surface area contributed by atoms with Gasteiger partial charge in [0.1, 0.15) is 11.4 Å². The third kappa shape index (κ3) is 6.33. The summed E-state index contributed by atoms with van der Waals surface area (Å²) < 4.78 is 44.5. The predicted octanol–water partition coefficient (Wildman–Crippen LogP) is 5.54. The smallest absolute Gasteiger partial charge is 0.416 e. The van der Waals surface area contributed by atoms with Gasteiger partial charge in [0.25, 0.3) is 5.91 Å². The van der Waals surface area contributed by atoms with Crippen LogP contribution in [0.5, 0.6) is 5.75 Å². The number of nitrogens with zero attached hydrogens (tertiary/aromatic N) is 4. The van der Waals surface area contributed by atoms with Gasteiger partial charge in [0.05, 0.1) is 17.7 Å². The first-order valence-corrected chi connectivity index (χ1v) is 14.0. The van der Waals surface area contributed by atoms with Crippen molar-refractivity contribution >= 4 is 34.6 Å². The maximum absolute atomic E-state index is 13.1. The van der Waals surface area contributed by atoms with Crippen molar-refractivity contribution in [1.29, 1.82) is 0 Å². The van der Waals surface area contributed by atoms with Crippen LogP contribution in [-0.4, -0.2) is 73.1 Å². The Morgan fingerprint density at radius 3 is 2.40 bits per heavy atom. The van der Waals surface area contributed by atoms with Gasteiger partial charge in [-0.05, 0) is 43.2 Å². The molecule has 2 aliphatic heterocycles. The van der Waals surface area contributed by atoms with Crippen molar-refractivity contribution in [2.24, 2.45) is 0 Å². The number of likely N-dealkylation sites (tertiary alicyclic amines) is 1. The fourth-order valence-electron chi connectivity index (χ4n) is 5.01. The SMILES string of the molecule is COc1cccc(NC(=O)N2CCC(c3nc(C(=O)N4CCN(c5cccc(C(F)(F)F)c5)CC4)cs3)CC2)c1. The maximum Gasteiger partial charge on any atom is 0.416 e. The van der Waals surface area contributed by atoms with E-state index in [0.29, 0.717) is 62.1 Å². The summed E-state index contributed by atoms with van der Waals surface area (Å²) in [4.78, 5) is 35.8. The third-order valence-corrected chi connectivity index (χ3v) is 8.31. The number of thiazole rings is 1. The summed E-state index contributed by atoms with van der Waals surface area (Å²) >= 11 is 1.46. The highest BCUT2D eigenvalue weighted by atomic mass is 32.1. The lowest BCUT2D eigenvalue weighted by Gasteiger charge is -2.36. The number of piperazine rings is 1. The maximum atomic E-state index is 13.1. The fourth-order valence-corrected chi connectivity index (χ4v) is 5.98. The van der Waals surface area contributed by atoms with Gasteiger partial charge in [0.2, 0.25) is 0 Å². The van der Waals surface area contributed by atoms with Crippen LogP contribution < -0.4 is 15.0 Å². The molecular weight excluding hydrogens is 543 g/mol. The van der Waals surface area contributed by atoms with Gasteiger partial charge in [0, 0.05) is 68.0 Å². The van der Waals surface area contributed by atoms with E-state index in [1.165, 1.54) is 17.4 Å². The molecule has 2 aromatic carbocycles. The number of carbonyl (C=O) groups excluding carboxylic acids is 2. The van der Waals surface area contributed by atoms with E-state index in [1.807, 2.05) is 23.1 Å². The Morgan fingerprint density at radius 2 is 1.70 bits per heavy atom. The number of methoxy groups -OCH3 is 1. The lowest BCUT2D eigenvalue weighted by atomic mass is 9.98. The van der Waals surface area contributed by atoms with Crippen molar-refractivity contribution < 1.29 is 27.5 Å². The van der Waals surface area contributed by atoms with E-state index in [9.17, 15) is 22.8 Å². The lowest BCUT2D eigenvalue weighted by molar-refractivity contribution is -0.137. The van der Waals surface area contributed by atoms with Crippen LogP contribution in [-0.2, 0) is 6.18 Å². The minimum absolute atomic E-state index is 0.161. The van der Waals surface area contributed by atoms with Crippen LogP contribution in [0, 0.1) is 0 Å². The van der Waals surface area contributed by atoms with E-state index >= 15 is 0 Å². The van der Waals surface area contributed by atoms with Gasteiger partial charge in [-0.1, -0.05) is 12.1 Å². The van der Waals surface area contributed by atoms with E-state index in [0.717, 1.165) is 30.0 Å². The zero-order chi connectivity index (χ0) is 28.3. The fraction of sp³-hybridized carbons (Fsp3) is 0.393. The highest BCUT2D eigenvalue weighted by Gasteiger charge is 2.32. The predicted molar refractivity (Wildman–Crippen MR) is 147 cm³/mol. The van der Waals surface area contributed by atoms with Crippen LogP contribution in [0.1, 0.15) is 39.8 Å². The van der Waals surface area contributed by atoms with Crippen molar-refractivity contribution in [3.05, 3.63) is 70.2 Å². The van der Waals surface area contributed by atoms with Crippen LogP contribution in [0.15, 0.2) is 53.9 Å². The molecule has 3 amide bonds.